The molecule has 0 radical (unpaired) electrons. The van der Waals surface area contributed by atoms with Gasteiger partial charge >= 0.3 is 6.09 Å². The van der Waals surface area contributed by atoms with Crippen LogP contribution in [-0.2, 0) is 14.2 Å². The molecule has 0 aromatic heterocycles. The van der Waals surface area contributed by atoms with Crippen LogP contribution in [0.1, 0.15) is 59.4 Å². The van der Waals surface area contributed by atoms with Crippen LogP contribution in [0.15, 0.2) is 52.3 Å². The van der Waals surface area contributed by atoms with Gasteiger partial charge < -0.3 is 24.6 Å². The number of ether oxygens (including phenoxy) is 3. The Hall–Kier alpha value is -1.93. The highest BCUT2D eigenvalue weighted by Crippen LogP contribution is 2.42. The van der Waals surface area contributed by atoms with Gasteiger partial charge in [-0.1, -0.05) is 42.4 Å². The van der Waals surface area contributed by atoms with E-state index in [4.69, 9.17) is 25.8 Å². The van der Waals surface area contributed by atoms with Crippen LogP contribution in [0.5, 0.6) is 5.75 Å². The van der Waals surface area contributed by atoms with Crippen LogP contribution >= 0.6 is 23.4 Å². The van der Waals surface area contributed by atoms with E-state index in [9.17, 15) is 9.90 Å². The van der Waals surface area contributed by atoms with E-state index in [1.807, 2.05) is 58.9 Å². The van der Waals surface area contributed by atoms with Crippen molar-refractivity contribution in [1.29, 1.82) is 0 Å². The molecular weight excluding hydrogens is 474 g/mol. The van der Waals surface area contributed by atoms with Crippen LogP contribution in [0.3, 0.4) is 0 Å². The van der Waals surface area contributed by atoms with Crippen LogP contribution in [0, 0.1) is 0 Å². The molecule has 8 heteroatoms. The Bertz CT molecular complexity index is 1010. The van der Waals surface area contributed by atoms with Crippen molar-refractivity contribution < 1.29 is 24.1 Å². The number of nitrogens with one attached hydrogen (secondary N) is 1. The van der Waals surface area contributed by atoms with Crippen molar-refractivity contribution in [3.63, 3.8) is 0 Å². The third kappa shape index (κ3) is 6.81. The SMILES string of the molecule is CCC(c1ccc(Sc2cccc(O)c2)cc1Cl)C1(NC(=O)OC(C)(C)C)COC(C)(C)OC1. The number of phenols is 1. The van der Waals surface area contributed by atoms with Crippen LogP contribution in [0.25, 0.3) is 0 Å². The Kier molecular flexibility index (Phi) is 8.13. The van der Waals surface area contributed by atoms with Crippen molar-refractivity contribution in [2.75, 3.05) is 13.2 Å². The van der Waals surface area contributed by atoms with E-state index >= 15 is 0 Å². The Morgan fingerprint density at radius 1 is 1.18 bits per heavy atom. The lowest BCUT2D eigenvalue weighted by atomic mass is 9.77. The Morgan fingerprint density at radius 3 is 2.38 bits per heavy atom. The minimum atomic E-state index is -0.851. The van der Waals surface area contributed by atoms with Crippen molar-refractivity contribution in [1.82, 2.24) is 5.32 Å². The number of carbonyl (C=O) groups excluding carboxylic acids is 1. The number of hydrogen-bond acceptors (Lipinski definition) is 6. The first-order chi connectivity index (χ1) is 15.8. The second-order valence-corrected chi connectivity index (χ2v) is 11.6. The van der Waals surface area contributed by atoms with Crippen LogP contribution in [-0.4, -0.2) is 41.3 Å². The maximum absolute atomic E-state index is 12.8. The molecule has 3 rings (SSSR count). The van der Waals surface area contributed by atoms with Gasteiger partial charge in [-0.15, -0.1) is 0 Å². The highest BCUT2D eigenvalue weighted by atomic mass is 35.5. The molecular formula is C26H34ClNO5S. The molecule has 2 aromatic rings. The normalized spacial score (nSPS) is 18.2. The molecule has 0 bridgehead atoms. The van der Waals surface area contributed by atoms with Crippen molar-refractivity contribution in [2.24, 2.45) is 0 Å². The van der Waals surface area contributed by atoms with Gasteiger partial charge in [0, 0.05) is 20.7 Å². The van der Waals surface area contributed by atoms with Gasteiger partial charge in [0.25, 0.3) is 0 Å². The zero-order valence-corrected chi connectivity index (χ0v) is 22.2. The molecule has 34 heavy (non-hydrogen) atoms. The van der Waals surface area contributed by atoms with Gasteiger partial charge in [0.15, 0.2) is 5.79 Å². The standard InChI is InChI=1S/C26H34ClNO5S/c1-7-21(20-12-11-19(14-22(20)27)34-18-10-8-9-17(29)13-18)26(15-31-25(5,6)32-16-26)28-23(30)33-24(2,3)4/h8-14,21,29H,7,15-16H2,1-6H3,(H,28,30). The number of carbonyl (C=O) groups is 1. The Morgan fingerprint density at radius 2 is 1.82 bits per heavy atom. The van der Waals surface area contributed by atoms with Crippen molar-refractivity contribution in [2.45, 2.75) is 80.6 Å². The summed E-state index contributed by atoms with van der Waals surface area (Å²) in [6, 6.07) is 13.0. The van der Waals surface area contributed by atoms with E-state index in [1.165, 1.54) is 11.8 Å². The van der Waals surface area contributed by atoms with Crippen molar-refractivity contribution in [3.05, 3.63) is 53.1 Å². The molecule has 1 aliphatic heterocycles. The van der Waals surface area contributed by atoms with Gasteiger partial charge in [0.1, 0.15) is 11.4 Å². The monoisotopic (exact) mass is 507 g/mol. The Balaban J connectivity index is 1.90. The van der Waals surface area contributed by atoms with Gasteiger partial charge in [-0.25, -0.2) is 4.79 Å². The number of alkyl carbamates (subject to hydrolysis) is 1. The topological polar surface area (TPSA) is 77.0 Å². The van der Waals surface area contributed by atoms with E-state index in [0.29, 0.717) is 11.4 Å². The average molecular weight is 508 g/mol. The summed E-state index contributed by atoms with van der Waals surface area (Å²) >= 11 is 8.30. The summed E-state index contributed by atoms with van der Waals surface area (Å²) in [5.74, 6) is -0.708. The second kappa shape index (κ2) is 10.4. The molecule has 2 aromatic carbocycles. The average Bonchev–Trinajstić information content (AvgIpc) is 2.71. The summed E-state index contributed by atoms with van der Waals surface area (Å²) < 4.78 is 17.6. The van der Waals surface area contributed by atoms with Crippen LogP contribution < -0.4 is 5.32 Å². The summed E-state index contributed by atoms with van der Waals surface area (Å²) in [6.45, 7) is 11.8. The molecule has 1 unspecified atom stereocenters. The van der Waals surface area contributed by atoms with E-state index in [0.717, 1.165) is 15.4 Å². The molecule has 0 aliphatic carbocycles. The zero-order chi connectivity index (χ0) is 25.1. The third-order valence-electron chi connectivity index (χ3n) is 5.58. The maximum Gasteiger partial charge on any atom is 0.408 e. The molecule has 1 amide bonds. The smallest absolute Gasteiger partial charge is 0.408 e. The molecule has 0 spiro atoms. The lowest BCUT2D eigenvalue weighted by Gasteiger charge is -2.48. The predicted molar refractivity (Wildman–Crippen MR) is 135 cm³/mol. The zero-order valence-electron chi connectivity index (χ0n) is 20.6. The van der Waals surface area contributed by atoms with Gasteiger partial charge in [-0.05, 0) is 76.9 Å². The van der Waals surface area contributed by atoms with E-state index in [1.54, 1.807) is 18.2 Å². The number of amides is 1. The van der Waals surface area contributed by atoms with Crippen molar-refractivity contribution >= 4 is 29.5 Å². The summed E-state index contributed by atoms with van der Waals surface area (Å²) in [5, 5.41) is 13.4. The first-order valence-electron chi connectivity index (χ1n) is 11.4. The number of aromatic hydroxyl groups is 1. The largest absolute Gasteiger partial charge is 0.508 e. The highest BCUT2D eigenvalue weighted by Gasteiger charge is 2.48. The Labute approximate surface area is 211 Å². The predicted octanol–water partition coefficient (Wildman–Crippen LogP) is 6.74. The molecule has 2 N–H and O–H groups in total. The fourth-order valence-electron chi connectivity index (χ4n) is 4.00. The van der Waals surface area contributed by atoms with Gasteiger partial charge in [-0.2, -0.15) is 0 Å². The van der Waals surface area contributed by atoms with Crippen molar-refractivity contribution in [3.8, 4) is 5.75 Å². The fourth-order valence-corrected chi connectivity index (χ4v) is 5.29. The van der Waals surface area contributed by atoms with Crippen LogP contribution in [0.2, 0.25) is 5.02 Å². The van der Waals surface area contributed by atoms with Gasteiger partial charge in [0.05, 0.1) is 18.8 Å². The molecule has 1 atom stereocenters. The number of rotatable bonds is 6. The molecule has 1 fully saturated rings. The molecule has 1 saturated heterocycles. The number of benzene rings is 2. The molecule has 1 aliphatic rings. The quantitative estimate of drug-likeness (QED) is 0.451. The molecule has 0 saturated carbocycles. The lowest BCUT2D eigenvalue weighted by molar-refractivity contribution is -0.273. The van der Waals surface area contributed by atoms with E-state index < -0.39 is 23.0 Å². The van der Waals surface area contributed by atoms with Crippen LogP contribution in [0.4, 0.5) is 4.79 Å². The maximum atomic E-state index is 12.8. The third-order valence-corrected chi connectivity index (χ3v) is 6.89. The summed E-state index contributed by atoms with van der Waals surface area (Å²) in [6.07, 6.45) is 0.173. The minimum absolute atomic E-state index is 0.177. The molecule has 6 nitrogen and oxygen atoms in total. The fraction of sp³-hybridized carbons (Fsp3) is 0.500. The number of phenolic OH excluding ortho intramolecular Hbond substituents is 1. The first kappa shape index (κ1) is 26.7. The summed E-state index contributed by atoms with van der Waals surface area (Å²) in [5.41, 5.74) is -0.589. The first-order valence-corrected chi connectivity index (χ1v) is 12.6. The molecule has 186 valence electrons. The van der Waals surface area contributed by atoms with Gasteiger partial charge in [-0.3, -0.25) is 0 Å². The molecule has 1 heterocycles. The summed E-state index contributed by atoms with van der Waals surface area (Å²) in [4.78, 5) is 14.7. The van der Waals surface area contributed by atoms with E-state index in [2.05, 4.69) is 12.2 Å². The lowest BCUT2D eigenvalue weighted by Crippen LogP contribution is -2.64. The van der Waals surface area contributed by atoms with E-state index in [-0.39, 0.29) is 24.9 Å². The summed E-state index contributed by atoms with van der Waals surface area (Å²) in [7, 11) is 0. The number of hydrogen-bond donors (Lipinski definition) is 2. The minimum Gasteiger partial charge on any atom is -0.508 e. The highest BCUT2D eigenvalue weighted by molar-refractivity contribution is 7.99. The number of halogens is 1. The van der Waals surface area contributed by atoms with Gasteiger partial charge in [0.2, 0.25) is 0 Å². The second-order valence-electron chi connectivity index (χ2n) is 10.0.